The second-order valence-electron chi connectivity index (χ2n) is 0.101. The SMILES string of the molecule is ClCCl.I. The molecule has 0 unspecified atom stereocenters. The van der Waals surface area contributed by atoms with Gasteiger partial charge in [-0.25, -0.2) is 0 Å². The molecule has 0 aliphatic heterocycles. The van der Waals surface area contributed by atoms with E-state index in [1.807, 2.05) is 0 Å². The quantitative estimate of drug-likeness (QED) is 0.426. The van der Waals surface area contributed by atoms with Crippen LogP contribution in [0.2, 0.25) is 0 Å². The van der Waals surface area contributed by atoms with Crippen molar-refractivity contribution < 1.29 is 0 Å². The van der Waals surface area contributed by atoms with Gasteiger partial charge >= 0.3 is 0 Å². The van der Waals surface area contributed by atoms with Gasteiger partial charge in [0.15, 0.2) is 0 Å². The van der Waals surface area contributed by atoms with Gasteiger partial charge in [-0.05, 0) is 0 Å². The third-order valence-corrected chi connectivity index (χ3v) is 0. The lowest BCUT2D eigenvalue weighted by atomic mass is 11.9. The lowest BCUT2D eigenvalue weighted by Crippen LogP contribution is -1.24. The van der Waals surface area contributed by atoms with Crippen LogP contribution in [0.5, 0.6) is 0 Å². The number of hydrogen-bond donors (Lipinski definition) is 0. The van der Waals surface area contributed by atoms with Gasteiger partial charge in [0, 0.05) is 0 Å². The molecule has 28 valence electrons. The summed E-state index contributed by atoms with van der Waals surface area (Å²) in [5.41, 5.74) is 0. The van der Waals surface area contributed by atoms with Crippen LogP contribution in [0.1, 0.15) is 0 Å². The van der Waals surface area contributed by atoms with E-state index in [1.165, 1.54) is 0 Å². The third-order valence-electron chi connectivity index (χ3n) is 0. The summed E-state index contributed by atoms with van der Waals surface area (Å²) in [6.07, 6.45) is 0. The molecule has 0 aromatic rings. The molecule has 0 N–H and O–H groups in total. The zero-order valence-corrected chi connectivity index (χ0v) is 5.71. The highest BCUT2D eigenvalue weighted by Gasteiger charge is 1.41. The molecule has 0 aromatic carbocycles. The molecule has 4 heavy (non-hydrogen) atoms. The highest BCUT2D eigenvalue weighted by atomic mass is 127. The summed E-state index contributed by atoms with van der Waals surface area (Å²) in [6.45, 7) is 0. The highest BCUT2D eigenvalue weighted by Crippen LogP contribution is 1.73. The van der Waals surface area contributed by atoms with Gasteiger partial charge in [-0.15, -0.1) is 47.2 Å². The van der Waals surface area contributed by atoms with Crippen molar-refractivity contribution in [2.24, 2.45) is 0 Å². The van der Waals surface area contributed by atoms with Crippen LogP contribution in [-0.2, 0) is 0 Å². The molecule has 0 saturated heterocycles. The molecule has 3 heteroatoms. The van der Waals surface area contributed by atoms with Crippen molar-refractivity contribution in [3.63, 3.8) is 0 Å². The first kappa shape index (κ1) is 9.00. The standard InChI is InChI=1S/CH2Cl2.HI/c2-1-3;/h1H2;1H. The van der Waals surface area contributed by atoms with Gasteiger partial charge in [-0.3, -0.25) is 0 Å². The molecule has 0 nitrogen and oxygen atoms in total. The summed E-state index contributed by atoms with van der Waals surface area (Å²) < 4.78 is 0. The lowest BCUT2D eigenvalue weighted by molar-refractivity contribution is 2.20. The molecule has 0 amide bonds. The second kappa shape index (κ2) is 8.85. The van der Waals surface area contributed by atoms with Crippen LogP contribution in [0.25, 0.3) is 0 Å². The minimum absolute atomic E-state index is 0. The molecular weight excluding hydrogens is 210 g/mol. The Morgan fingerprint density at radius 1 is 1.25 bits per heavy atom. The van der Waals surface area contributed by atoms with E-state index in [9.17, 15) is 0 Å². The maximum absolute atomic E-state index is 4.76. The van der Waals surface area contributed by atoms with E-state index in [-0.39, 0.29) is 29.3 Å². The predicted octanol–water partition coefficient (Wildman–Crippen LogP) is 2.04. The zero-order chi connectivity index (χ0) is 2.71. The normalized spacial score (nSPS) is 4.50. The molecule has 0 fully saturated rings. The van der Waals surface area contributed by atoms with Gasteiger partial charge in [0.05, 0.1) is 5.34 Å². The molecule has 0 aliphatic carbocycles. The minimum atomic E-state index is 0. The maximum Gasteiger partial charge on any atom is 0.0967 e. The molecule has 0 heterocycles. The number of alkyl halides is 2. The van der Waals surface area contributed by atoms with E-state index in [4.69, 9.17) is 23.2 Å². The Morgan fingerprint density at radius 2 is 1.25 bits per heavy atom. The molecule has 0 radical (unpaired) electrons. The Labute approximate surface area is 52.5 Å². The zero-order valence-electron chi connectivity index (χ0n) is 1.87. The van der Waals surface area contributed by atoms with Crippen LogP contribution in [0.3, 0.4) is 0 Å². The summed E-state index contributed by atoms with van der Waals surface area (Å²) in [6, 6.07) is 0. The van der Waals surface area contributed by atoms with Crippen molar-refractivity contribution >= 4 is 47.2 Å². The highest BCUT2D eigenvalue weighted by molar-refractivity contribution is 14.0. The van der Waals surface area contributed by atoms with Crippen LogP contribution >= 0.6 is 47.2 Å². The fourth-order valence-electron chi connectivity index (χ4n) is 0. The van der Waals surface area contributed by atoms with E-state index < -0.39 is 0 Å². The van der Waals surface area contributed by atoms with Gasteiger partial charge in [0.2, 0.25) is 0 Å². The molecule has 0 aromatic heterocycles. The van der Waals surface area contributed by atoms with Gasteiger partial charge in [-0.2, -0.15) is 0 Å². The van der Waals surface area contributed by atoms with Gasteiger partial charge in [0.25, 0.3) is 0 Å². The summed E-state index contributed by atoms with van der Waals surface area (Å²) in [5.74, 6) is 0. The Morgan fingerprint density at radius 3 is 1.25 bits per heavy atom. The molecule has 0 aliphatic rings. The average Bonchev–Trinajstić information content (AvgIpc) is 0.918. The molecule has 0 rings (SSSR count). The van der Waals surface area contributed by atoms with Crippen LogP contribution in [0.4, 0.5) is 0 Å². The van der Waals surface area contributed by atoms with Crippen LogP contribution in [0.15, 0.2) is 0 Å². The monoisotopic (exact) mass is 212 g/mol. The molecule has 0 saturated carbocycles. The van der Waals surface area contributed by atoms with E-state index >= 15 is 0 Å². The van der Waals surface area contributed by atoms with Crippen molar-refractivity contribution in [1.82, 2.24) is 0 Å². The van der Waals surface area contributed by atoms with Crippen molar-refractivity contribution in [3.8, 4) is 0 Å². The van der Waals surface area contributed by atoms with Crippen molar-refractivity contribution in [1.29, 1.82) is 0 Å². The second-order valence-corrected chi connectivity index (χ2v) is 0.909. The van der Waals surface area contributed by atoms with E-state index in [0.717, 1.165) is 0 Å². The first-order valence-corrected chi connectivity index (χ1v) is 1.60. The first-order chi connectivity index (χ1) is 1.41. The number of rotatable bonds is 0. The summed E-state index contributed by atoms with van der Waals surface area (Å²) >= 11 is 9.53. The Balaban J connectivity index is 0. The Kier molecular flexibility index (Phi) is 19.9. The fourth-order valence-corrected chi connectivity index (χ4v) is 0. The largest absolute Gasteiger partial charge is 0.109 e. The topological polar surface area (TPSA) is 0 Å². The van der Waals surface area contributed by atoms with Crippen LogP contribution < -0.4 is 0 Å². The minimum Gasteiger partial charge on any atom is -0.109 e. The third kappa shape index (κ3) is 10.3. The summed E-state index contributed by atoms with van der Waals surface area (Å²) in [5, 5.41) is 0.194. The smallest absolute Gasteiger partial charge is 0.0967 e. The van der Waals surface area contributed by atoms with Gasteiger partial charge in [0.1, 0.15) is 0 Å². The molecular formula is CH3Cl2I. The Bertz CT molecular complexity index is 6.00. The van der Waals surface area contributed by atoms with Crippen LogP contribution in [-0.4, -0.2) is 5.34 Å². The molecule has 0 atom stereocenters. The van der Waals surface area contributed by atoms with Gasteiger partial charge in [-0.1, -0.05) is 0 Å². The lowest BCUT2D eigenvalue weighted by Gasteiger charge is -1.42. The number of hydrogen-bond acceptors (Lipinski definition) is 0. The van der Waals surface area contributed by atoms with Crippen molar-refractivity contribution in [3.05, 3.63) is 0 Å². The predicted molar refractivity (Wildman–Crippen MR) is 32.0 cm³/mol. The molecule has 0 bridgehead atoms. The summed E-state index contributed by atoms with van der Waals surface area (Å²) in [4.78, 5) is 0. The molecule has 0 spiro atoms. The maximum atomic E-state index is 4.76. The van der Waals surface area contributed by atoms with Crippen LogP contribution in [0, 0.1) is 0 Å². The fraction of sp³-hybridized carbons (Fsp3) is 1.00. The Hall–Kier alpha value is 1.31. The van der Waals surface area contributed by atoms with Gasteiger partial charge < -0.3 is 0 Å². The first-order valence-electron chi connectivity index (χ1n) is 0.535. The van der Waals surface area contributed by atoms with Crippen molar-refractivity contribution in [2.75, 3.05) is 5.34 Å². The van der Waals surface area contributed by atoms with E-state index in [0.29, 0.717) is 0 Å². The average molecular weight is 213 g/mol. The van der Waals surface area contributed by atoms with Crippen molar-refractivity contribution in [2.45, 2.75) is 0 Å². The number of halogens is 3. The summed E-state index contributed by atoms with van der Waals surface area (Å²) in [7, 11) is 0. The van der Waals surface area contributed by atoms with E-state index in [2.05, 4.69) is 0 Å². The van der Waals surface area contributed by atoms with E-state index in [1.54, 1.807) is 0 Å².